The van der Waals surface area contributed by atoms with Crippen LogP contribution in [0.2, 0.25) is 0 Å². The lowest BCUT2D eigenvalue weighted by molar-refractivity contribution is 0.0946. The van der Waals surface area contributed by atoms with Crippen LogP contribution in [0.4, 0.5) is 8.78 Å². The highest BCUT2D eigenvalue weighted by Crippen LogP contribution is 2.15. The van der Waals surface area contributed by atoms with Crippen molar-refractivity contribution >= 4 is 21.8 Å². The first kappa shape index (κ1) is 13.6. The van der Waals surface area contributed by atoms with Gasteiger partial charge in [0.2, 0.25) is 0 Å². The van der Waals surface area contributed by atoms with Crippen molar-refractivity contribution in [2.24, 2.45) is 0 Å². The first-order chi connectivity index (χ1) is 9.08. The highest BCUT2D eigenvalue weighted by molar-refractivity contribution is 9.10. The molecular weight excluding hydrogens is 318 g/mol. The Kier molecular flexibility index (Phi) is 4.21. The van der Waals surface area contributed by atoms with Gasteiger partial charge in [0.15, 0.2) is 5.82 Å². The van der Waals surface area contributed by atoms with Crippen LogP contribution in [0.5, 0.6) is 0 Å². The SMILES string of the molecule is O=C(NCc1cc(Br)ccc1F)c1ccncc1F. The molecule has 1 aromatic heterocycles. The fraction of sp³-hybridized carbons (Fsp3) is 0.0769. The van der Waals surface area contributed by atoms with Gasteiger partial charge in [-0.1, -0.05) is 15.9 Å². The maximum atomic E-state index is 13.4. The summed E-state index contributed by atoms with van der Waals surface area (Å²) in [6.45, 7) is -0.0220. The molecule has 1 N–H and O–H groups in total. The van der Waals surface area contributed by atoms with Gasteiger partial charge in [0, 0.05) is 22.8 Å². The maximum Gasteiger partial charge on any atom is 0.254 e. The molecule has 6 heteroatoms. The molecule has 0 spiro atoms. The van der Waals surface area contributed by atoms with E-state index in [1.165, 1.54) is 18.3 Å². The van der Waals surface area contributed by atoms with E-state index in [1.54, 1.807) is 12.1 Å². The quantitative estimate of drug-likeness (QED) is 0.941. The van der Waals surface area contributed by atoms with E-state index >= 15 is 0 Å². The van der Waals surface area contributed by atoms with Crippen LogP contribution in [0.3, 0.4) is 0 Å². The van der Waals surface area contributed by atoms with Gasteiger partial charge < -0.3 is 5.32 Å². The van der Waals surface area contributed by atoms with E-state index < -0.39 is 17.5 Å². The minimum atomic E-state index is -0.713. The maximum absolute atomic E-state index is 13.4. The van der Waals surface area contributed by atoms with Crippen molar-refractivity contribution in [3.8, 4) is 0 Å². The summed E-state index contributed by atoms with van der Waals surface area (Å²) in [5.74, 6) is -1.76. The third kappa shape index (κ3) is 3.35. The molecule has 0 atom stereocenters. The average molecular weight is 327 g/mol. The number of carbonyl (C=O) groups excluding carboxylic acids is 1. The fourth-order valence-corrected chi connectivity index (χ4v) is 1.92. The van der Waals surface area contributed by atoms with Crippen LogP contribution in [0, 0.1) is 11.6 Å². The van der Waals surface area contributed by atoms with Crippen LogP contribution in [-0.2, 0) is 6.54 Å². The smallest absolute Gasteiger partial charge is 0.254 e. The topological polar surface area (TPSA) is 42.0 Å². The zero-order valence-electron chi connectivity index (χ0n) is 9.66. The number of halogens is 3. The number of amides is 1. The molecule has 98 valence electrons. The van der Waals surface area contributed by atoms with Gasteiger partial charge in [-0.15, -0.1) is 0 Å². The summed E-state index contributed by atoms with van der Waals surface area (Å²) in [5, 5.41) is 2.46. The van der Waals surface area contributed by atoms with Crippen LogP contribution in [-0.4, -0.2) is 10.9 Å². The van der Waals surface area contributed by atoms with Gasteiger partial charge >= 0.3 is 0 Å². The van der Waals surface area contributed by atoms with Gasteiger partial charge in [-0.25, -0.2) is 8.78 Å². The highest BCUT2D eigenvalue weighted by atomic mass is 79.9. The largest absolute Gasteiger partial charge is 0.348 e. The Morgan fingerprint density at radius 3 is 2.79 bits per heavy atom. The Morgan fingerprint density at radius 1 is 1.26 bits per heavy atom. The number of nitrogens with one attached hydrogen (secondary N) is 1. The number of rotatable bonds is 3. The third-order valence-corrected chi connectivity index (χ3v) is 2.96. The summed E-state index contributed by atoms with van der Waals surface area (Å²) >= 11 is 3.21. The summed E-state index contributed by atoms with van der Waals surface area (Å²) in [7, 11) is 0. The summed E-state index contributed by atoms with van der Waals surface area (Å²) < 4.78 is 27.5. The molecule has 2 aromatic rings. The summed E-state index contributed by atoms with van der Waals surface area (Å²) in [6, 6.07) is 5.67. The number of hydrogen-bond acceptors (Lipinski definition) is 2. The first-order valence-electron chi connectivity index (χ1n) is 5.39. The number of hydrogen-bond donors (Lipinski definition) is 1. The predicted octanol–water partition coefficient (Wildman–Crippen LogP) is 3.05. The van der Waals surface area contributed by atoms with E-state index in [0.29, 0.717) is 10.0 Å². The van der Waals surface area contributed by atoms with Gasteiger partial charge in [-0.2, -0.15) is 0 Å². The molecule has 0 bridgehead atoms. The Labute approximate surface area is 116 Å². The van der Waals surface area contributed by atoms with Gasteiger partial charge in [-0.05, 0) is 24.3 Å². The molecule has 0 saturated heterocycles. The van der Waals surface area contributed by atoms with Crippen LogP contribution < -0.4 is 5.32 Å². The normalized spacial score (nSPS) is 10.3. The molecule has 19 heavy (non-hydrogen) atoms. The van der Waals surface area contributed by atoms with E-state index in [4.69, 9.17) is 0 Å². The molecule has 2 rings (SSSR count). The van der Waals surface area contributed by atoms with Crippen molar-refractivity contribution in [2.45, 2.75) is 6.54 Å². The van der Waals surface area contributed by atoms with E-state index in [2.05, 4.69) is 26.2 Å². The van der Waals surface area contributed by atoms with E-state index in [9.17, 15) is 13.6 Å². The second kappa shape index (κ2) is 5.88. The van der Waals surface area contributed by atoms with Crippen LogP contribution >= 0.6 is 15.9 Å². The Balaban J connectivity index is 2.09. The molecule has 0 unspecified atom stereocenters. The lowest BCUT2D eigenvalue weighted by Gasteiger charge is -2.07. The van der Waals surface area contributed by atoms with Crippen molar-refractivity contribution in [3.63, 3.8) is 0 Å². The van der Waals surface area contributed by atoms with E-state index in [1.807, 2.05) is 0 Å². The Morgan fingerprint density at radius 2 is 2.05 bits per heavy atom. The second-order valence-corrected chi connectivity index (χ2v) is 4.69. The van der Waals surface area contributed by atoms with Crippen molar-refractivity contribution in [1.29, 1.82) is 0 Å². The van der Waals surface area contributed by atoms with Crippen LogP contribution in [0.15, 0.2) is 41.1 Å². The lowest BCUT2D eigenvalue weighted by Crippen LogP contribution is -2.24. The molecule has 0 aliphatic rings. The fourth-order valence-electron chi connectivity index (χ4n) is 1.51. The van der Waals surface area contributed by atoms with Crippen LogP contribution in [0.25, 0.3) is 0 Å². The van der Waals surface area contributed by atoms with Gasteiger partial charge in [0.1, 0.15) is 5.82 Å². The van der Waals surface area contributed by atoms with Crippen molar-refractivity contribution in [3.05, 3.63) is 63.9 Å². The zero-order chi connectivity index (χ0) is 13.8. The molecule has 1 aromatic carbocycles. The molecule has 0 aliphatic carbocycles. The Hall–Kier alpha value is -1.82. The third-order valence-electron chi connectivity index (χ3n) is 2.46. The number of aromatic nitrogens is 1. The molecule has 0 radical (unpaired) electrons. The van der Waals surface area contributed by atoms with Crippen LogP contribution in [0.1, 0.15) is 15.9 Å². The monoisotopic (exact) mass is 326 g/mol. The minimum Gasteiger partial charge on any atom is -0.348 e. The standard InChI is InChI=1S/C13H9BrF2N2O/c14-9-1-2-11(15)8(5-9)6-18-13(19)10-3-4-17-7-12(10)16/h1-5,7H,6H2,(H,18,19). The highest BCUT2D eigenvalue weighted by Gasteiger charge is 2.11. The summed E-state index contributed by atoms with van der Waals surface area (Å²) in [6.07, 6.45) is 2.27. The molecule has 1 heterocycles. The van der Waals surface area contributed by atoms with Crippen molar-refractivity contribution in [2.75, 3.05) is 0 Å². The first-order valence-corrected chi connectivity index (χ1v) is 6.19. The number of nitrogens with zero attached hydrogens (tertiary/aromatic N) is 1. The van der Waals surface area contributed by atoms with Gasteiger partial charge in [0.05, 0.1) is 11.8 Å². The van der Waals surface area contributed by atoms with Gasteiger partial charge in [-0.3, -0.25) is 9.78 Å². The summed E-state index contributed by atoms with van der Waals surface area (Å²) in [4.78, 5) is 15.3. The van der Waals surface area contributed by atoms with E-state index in [-0.39, 0.29) is 12.1 Å². The second-order valence-electron chi connectivity index (χ2n) is 3.77. The molecule has 3 nitrogen and oxygen atoms in total. The summed E-state index contributed by atoms with van der Waals surface area (Å²) in [5.41, 5.74) is 0.197. The number of carbonyl (C=O) groups is 1. The molecule has 0 aliphatic heterocycles. The minimum absolute atomic E-state index is 0.0220. The average Bonchev–Trinajstić information content (AvgIpc) is 2.40. The predicted molar refractivity (Wildman–Crippen MR) is 69.5 cm³/mol. The molecule has 0 fully saturated rings. The zero-order valence-corrected chi connectivity index (χ0v) is 11.2. The molecular formula is C13H9BrF2N2O. The van der Waals surface area contributed by atoms with E-state index in [0.717, 1.165) is 6.20 Å². The molecule has 1 amide bonds. The number of benzene rings is 1. The van der Waals surface area contributed by atoms with Crippen molar-refractivity contribution in [1.82, 2.24) is 10.3 Å². The Bertz CT molecular complexity index is 619. The number of pyridine rings is 1. The lowest BCUT2D eigenvalue weighted by atomic mass is 10.2. The van der Waals surface area contributed by atoms with Crippen molar-refractivity contribution < 1.29 is 13.6 Å². The van der Waals surface area contributed by atoms with Gasteiger partial charge in [0.25, 0.3) is 5.91 Å². The molecule has 0 saturated carbocycles.